The maximum atomic E-state index is 9.71. The maximum Gasteiger partial charge on any atom is 0.665 e. The van der Waals surface area contributed by atoms with Gasteiger partial charge in [-0.2, -0.15) is 0 Å². The molecule has 0 aliphatic heterocycles. The average Bonchev–Trinajstić information content (AvgIpc) is 2.22. The third-order valence-corrected chi connectivity index (χ3v) is 1.71. The Balaban J connectivity index is 4.01. The molecule has 0 saturated heterocycles. The van der Waals surface area contributed by atoms with E-state index in [0.29, 0.717) is 0 Å². The highest BCUT2D eigenvalue weighted by Gasteiger charge is 2.30. The molecular weight excluding hydrogens is 194 g/mol. The zero-order chi connectivity index (χ0) is 11.1. The maximum absolute atomic E-state index is 9.71. The Hall–Kier alpha value is -0.820. The van der Waals surface area contributed by atoms with Gasteiger partial charge in [0.05, 0.1) is 17.9 Å². The molecule has 0 aromatic heterocycles. The number of carbonyl (C=O) groups excluding carboxylic acids is 1. The molecule has 4 unspecified atom stereocenters. The Morgan fingerprint density at radius 2 is 1.57 bits per heavy atom. The summed E-state index contributed by atoms with van der Waals surface area (Å²) in [5.74, 6) is 0. The van der Waals surface area contributed by atoms with Crippen molar-refractivity contribution in [3.8, 4) is 0 Å². The van der Waals surface area contributed by atoms with Gasteiger partial charge in [-0.05, 0) is 0 Å². The van der Waals surface area contributed by atoms with Crippen LogP contribution in [0.15, 0.2) is 0 Å². The zero-order valence-corrected chi connectivity index (χ0v) is 7.37. The minimum atomic E-state index is -1.68. The molecule has 82 valence electrons. The molecule has 0 fully saturated rings. The Morgan fingerprint density at radius 1 is 1.07 bits per heavy atom. The van der Waals surface area contributed by atoms with Crippen molar-refractivity contribution in [2.45, 2.75) is 24.4 Å². The molecule has 0 aromatic rings. The summed E-state index contributed by atoms with van der Waals surface area (Å²) in [5.41, 5.74) is 0. The van der Waals surface area contributed by atoms with Crippen LogP contribution in [0, 0.1) is 0 Å². The summed E-state index contributed by atoms with van der Waals surface area (Å²) in [5, 5.41) is 46.7. The second-order valence-electron chi connectivity index (χ2n) is 2.78. The minimum Gasteiger partial charge on any atom is -0.394 e. The third-order valence-electron chi connectivity index (χ3n) is 1.71. The Labute approximate surface area is 80.6 Å². The van der Waals surface area contributed by atoms with Crippen LogP contribution in [-0.4, -0.2) is 69.5 Å². The molecule has 0 spiro atoms. The van der Waals surface area contributed by atoms with Crippen LogP contribution >= 0.6 is 0 Å². The van der Waals surface area contributed by atoms with Crippen molar-refractivity contribution in [3.05, 3.63) is 0 Å². The van der Waals surface area contributed by atoms with Gasteiger partial charge in [-0.3, -0.25) is 0 Å². The lowest BCUT2D eigenvalue weighted by Crippen LogP contribution is -2.48. The SMILES string of the molecule is O=[C+]NCC(O)C(O)C(O)C(O)CO. The fraction of sp³-hybridized carbons (Fsp3) is 0.857. The van der Waals surface area contributed by atoms with Crippen molar-refractivity contribution in [3.63, 3.8) is 0 Å². The first-order chi connectivity index (χ1) is 6.54. The van der Waals surface area contributed by atoms with E-state index in [9.17, 15) is 9.90 Å². The summed E-state index contributed by atoms with van der Waals surface area (Å²) in [6.07, 6.45) is -5.04. The van der Waals surface area contributed by atoms with Crippen LogP contribution < -0.4 is 5.32 Å². The van der Waals surface area contributed by atoms with Crippen LogP contribution in [0.4, 0.5) is 0 Å². The van der Waals surface area contributed by atoms with Crippen molar-refractivity contribution in [1.29, 1.82) is 0 Å². The molecule has 0 bridgehead atoms. The van der Waals surface area contributed by atoms with E-state index in [4.69, 9.17) is 20.4 Å². The molecule has 7 heteroatoms. The molecular formula is C7H14NO6+. The lowest BCUT2D eigenvalue weighted by Gasteiger charge is -2.24. The summed E-state index contributed by atoms with van der Waals surface area (Å²) in [6.45, 7) is -1.04. The predicted molar refractivity (Wildman–Crippen MR) is 44.8 cm³/mol. The summed E-state index contributed by atoms with van der Waals surface area (Å²) >= 11 is 0. The second kappa shape index (κ2) is 6.61. The number of aliphatic hydroxyl groups is 5. The Morgan fingerprint density at radius 3 is 2.00 bits per heavy atom. The minimum absolute atomic E-state index is 0.306. The molecule has 0 rings (SSSR count). The zero-order valence-electron chi connectivity index (χ0n) is 7.37. The molecule has 0 heterocycles. The predicted octanol–water partition coefficient (Wildman–Crippen LogP) is -3.92. The largest absolute Gasteiger partial charge is 0.665 e. The number of aliphatic hydroxyl groups excluding tert-OH is 5. The molecule has 0 saturated carbocycles. The number of hydrogen-bond acceptors (Lipinski definition) is 6. The van der Waals surface area contributed by atoms with Gasteiger partial charge >= 0.3 is 6.41 Å². The van der Waals surface area contributed by atoms with E-state index in [1.54, 1.807) is 0 Å². The fourth-order valence-electron chi connectivity index (χ4n) is 0.830. The summed E-state index contributed by atoms with van der Waals surface area (Å²) in [4.78, 5) is 9.71. The smallest absolute Gasteiger partial charge is 0.394 e. The van der Waals surface area contributed by atoms with E-state index < -0.39 is 31.0 Å². The first-order valence-electron chi connectivity index (χ1n) is 3.97. The van der Waals surface area contributed by atoms with Gasteiger partial charge in [0.15, 0.2) is 0 Å². The van der Waals surface area contributed by atoms with E-state index in [1.807, 2.05) is 5.32 Å². The van der Waals surface area contributed by atoms with Gasteiger partial charge in [0.1, 0.15) is 24.4 Å². The molecule has 7 nitrogen and oxygen atoms in total. The Kier molecular flexibility index (Phi) is 6.22. The molecule has 1 amide bonds. The number of hydrogen-bond donors (Lipinski definition) is 6. The van der Waals surface area contributed by atoms with Crippen LogP contribution in [0.5, 0.6) is 0 Å². The van der Waals surface area contributed by atoms with E-state index >= 15 is 0 Å². The van der Waals surface area contributed by atoms with Gasteiger partial charge in [-0.15, -0.1) is 5.32 Å². The van der Waals surface area contributed by atoms with Gasteiger partial charge in [0, 0.05) is 0 Å². The van der Waals surface area contributed by atoms with Crippen molar-refractivity contribution < 1.29 is 30.3 Å². The number of nitrogens with one attached hydrogen (secondary N) is 1. The highest BCUT2D eigenvalue weighted by molar-refractivity contribution is 5.46. The normalized spacial score (nSPS) is 19.2. The molecule has 14 heavy (non-hydrogen) atoms. The van der Waals surface area contributed by atoms with Crippen LogP contribution in [0.2, 0.25) is 0 Å². The molecule has 0 aliphatic rings. The van der Waals surface area contributed by atoms with Crippen molar-refractivity contribution in [2.75, 3.05) is 13.2 Å². The van der Waals surface area contributed by atoms with Crippen molar-refractivity contribution >= 4 is 6.41 Å². The number of rotatable bonds is 7. The summed E-state index contributed by atoms with van der Waals surface area (Å²) < 4.78 is 0. The van der Waals surface area contributed by atoms with E-state index in [-0.39, 0.29) is 6.54 Å². The monoisotopic (exact) mass is 208 g/mol. The van der Waals surface area contributed by atoms with Gasteiger partial charge in [0.25, 0.3) is 0 Å². The average molecular weight is 208 g/mol. The topological polar surface area (TPSA) is 130 Å². The first kappa shape index (κ1) is 13.2. The molecule has 0 aromatic carbocycles. The Bertz CT molecular complexity index is 166. The second-order valence-corrected chi connectivity index (χ2v) is 2.78. The van der Waals surface area contributed by atoms with E-state index in [1.165, 1.54) is 6.41 Å². The summed E-state index contributed by atoms with van der Waals surface area (Å²) in [6, 6.07) is 0. The van der Waals surface area contributed by atoms with Crippen LogP contribution in [-0.2, 0) is 4.79 Å². The van der Waals surface area contributed by atoms with Gasteiger partial charge < -0.3 is 25.5 Å². The highest BCUT2D eigenvalue weighted by Crippen LogP contribution is 2.04. The van der Waals surface area contributed by atoms with Gasteiger partial charge in [-0.25, -0.2) is 0 Å². The lowest BCUT2D eigenvalue weighted by molar-refractivity contribution is -0.113. The third kappa shape index (κ3) is 3.93. The molecule has 0 aliphatic carbocycles. The van der Waals surface area contributed by atoms with Crippen LogP contribution in [0.1, 0.15) is 0 Å². The van der Waals surface area contributed by atoms with Gasteiger partial charge in [-0.1, -0.05) is 0 Å². The number of amides is 1. The van der Waals surface area contributed by atoms with Gasteiger partial charge in [0.2, 0.25) is 0 Å². The fourth-order valence-corrected chi connectivity index (χ4v) is 0.830. The van der Waals surface area contributed by atoms with Crippen LogP contribution in [0.25, 0.3) is 0 Å². The molecule has 6 N–H and O–H groups in total. The van der Waals surface area contributed by atoms with Crippen molar-refractivity contribution in [1.82, 2.24) is 5.32 Å². The van der Waals surface area contributed by atoms with Crippen molar-refractivity contribution in [2.24, 2.45) is 0 Å². The first-order valence-corrected chi connectivity index (χ1v) is 3.97. The van der Waals surface area contributed by atoms with E-state index in [0.717, 1.165) is 0 Å². The highest BCUT2D eigenvalue weighted by atomic mass is 16.4. The quantitative estimate of drug-likeness (QED) is 0.187. The summed E-state index contributed by atoms with van der Waals surface area (Å²) in [7, 11) is 0. The van der Waals surface area contributed by atoms with E-state index in [2.05, 4.69) is 0 Å². The molecule has 0 radical (unpaired) electrons. The standard InChI is InChI=1S/C7H14NO6/c9-2-5(12)7(14)6(13)4(11)1-8-3-10/h4-7,9,11-14H,1-2H2,(H,8,10)/q+1. The van der Waals surface area contributed by atoms with Crippen LogP contribution in [0.3, 0.4) is 0 Å². The molecule has 4 atom stereocenters. The lowest BCUT2D eigenvalue weighted by atomic mass is 10.0.